The Labute approximate surface area is 126 Å². The number of benzene rings is 2. The minimum Gasteiger partial charge on any atom is -0.455 e. The third kappa shape index (κ3) is 2.54. The first kappa shape index (κ1) is 13.1. The first-order valence-electron chi connectivity index (χ1n) is 6.44. The average molecular weight is 328 g/mol. The van der Waals surface area contributed by atoms with E-state index in [1.165, 1.54) is 5.56 Å². The van der Waals surface area contributed by atoms with E-state index < -0.39 is 0 Å². The normalized spacial score (nSPS) is 10.8. The van der Waals surface area contributed by atoms with Gasteiger partial charge >= 0.3 is 0 Å². The molecule has 1 heterocycles. The van der Waals surface area contributed by atoms with Crippen molar-refractivity contribution in [3.63, 3.8) is 0 Å². The van der Waals surface area contributed by atoms with E-state index in [1.54, 1.807) is 0 Å². The summed E-state index contributed by atoms with van der Waals surface area (Å²) >= 11 is 3.55. The molecule has 20 heavy (non-hydrogen) atoms. The minimum absolute atomic E-state index is 0.811. The van der Waals surface area contributed by atoms with Crippen molar-refractivity contribution in [1.82, 2.24) is 4.98 Å². The molecule has 1 aromatic heterocycles. The van der Waals surface area contributed by atoms with E-state index in [9.17, 15) is 0 Å². The molecule has 0 unspecified atom stereocenters. The fraction of sp³-hybridized carbons (Fsp3) is 0.118. The molecule has 0 N–H and O–H groups in total. The number of hydrogen-bond donors (Lipinski definition) is 0. The molecule has 2 aromatic carbocycles. The number of para-hydroxylation sites is 1. The molecule has 0 saturated heterocycles. The summed E-state index contributed by atoms with van der Waals surface area (Å²) in [6.07, 6.45) is 0. The van der Waals surface area contributed by atoms with Gasteiger partial charge in [-0.05, 0) is 59.6 Å². The lowest BCUT2D eigenvalue weighted by Gasteiger charge is -2.11. The van der Waals surface area contributed by atoms with Gasteiger partial charge in [0, 0.05) is 17.1 Å². The van der Waals surface area contributed by atoms with Crippen LogP contribution in [0.5, 0.6) is 11.5 Å². The second-order valence-corrected chi connectivity index (χ2v) is 5.67. The van der Waals surface area contributed by atoms with Crippen LogP contribution in [0.1, 0.15) is 11.3 Å². The van der Waals surface area contributed by atoms with Gasteiger partial charge in [-0.25, -0.2) is 0 Å². The summed E-state index contributed by atoms with van der Waals surface area (Å²) in [5.74, 6) is 1.64. The number of rotatable bonds is 2. The monoisotopic (exact) mass is 327 g/mol. The Morgan fingerprint density at radius 3 is 2.55 bits per heavy atom. The van der Waals surface area contributed by atoms with Gasteiger partial charge in [-0.15, -0.1) is 0 Å². The van der Waals surface area contributed by atoms with E-state index in [0.717, 1.165) is 32.6 Å². The van der Waals surface area contributed by atoms with Crippen LogP contribution in [0, 0.1) is 13.8 Å². The number of halogens is 1. The fourth-order valence-electron chi connectivity index (χ4n) is 2.16. The molecule has 0 bridgehead atoms. The van der Waals surface area contributed by atoms with Crippen molar-refractivity contribution in [2.45, 2.75) is 13.8 Å². The van der Waals surface area contributed by atoms with Crippen LogP contribution in [0.2, 0.25) is 0 Å². The maximum Gasteiger partial charge on any atom is 0.141 e. The van der Waals surface area contributed by atoms with E-state index in [1.807, 2.05) is 55.5 Å². The van der Waals surface area contributed by atoms with Gasteiger partial charge in [0.15, 0.2) is 0 Å². The van der Waals surface area contributed by atoms with Gasteiger partial charge in [-0.1, -0.05) is 18.2 Å². The molecule has 0 atom stereocenters. The molecule has 0 aliphatic rings. The topological polar surface area (TPSA) is 22.1 Å². The first-order valence-corrected chi connectivity index (χ1v) is 7.23. The molecule has 0 aliphatic heterocycles. The zero-order valence-electron chi connectivity index (χ0n) is 11.4. The molecule has 2 nitrogen and oxygen atoms in total. The molecular formula is C17H14BrNO. The zero-order valence-corrected chi connectivity index (χ0v) is 12.9. The fourth-order valence-corrected chi connectivity index (χ4v) is 2.73. The predicted octanol–water partition coefficient (Wildman–Crippen LogP) is 5.41. The van der Waals surface area contributed by atoms with Crippen molar-refractivity contribution in [2.75, 3.05) is 0 Å². The predicted molar refractivity (Wildman–Crippen MR) is 85.4 cm³/mol. The molecule has 3 heteroatoms. The molecule has 0 spiro atoms. The highest BCUT2D eigenvalue weighted by atomic mass is 79.9. The third-order valence-corrected chi connectivity index (χ3v) is 3.73. The van der Waals surface area contributed by atoms with Crippen molar-refractivity contribution >= 4 is 26.8 Å². The molecule has 0 saturated carbocycles. The van der Waals surface area contributed by atoms with Crippen molar-refractivity contribution in [2.24, 2.45) is 0 Å². The third-order valence-electron chi connectivity index (χ3n) is 3.11. The summed E-state index contributed by atoms with van der Waals surface area (Å²) in [6, 6.07) is 16.0. The van der Waals surface area contributed by atoms with Crippen LogP contribution in [0.15, 0.2) is 53.0 Å². The van der Waals surface area contributed by atoms with Crippen LogP contribution >= 0.6 is 15.9 Å². The van der Waals surface area contributed by atoms with E-state index in [0.29, 0.717) is 0 Å². The Hall–Kier alpha value is -1.87. The van der Waals surface area contributed by atoms with E-state index in [-0.39, 0.29) is 0 Å². The summed E-state index contributed by atoms with van der Waals surface area (Å²) in [5, 5.41) is 1.02. The van der Waals surface area contributed by atoms with Crippen LogP contribution in [0.3, 0.4) is 0 Å². The SMILES string of the molecule is Cc1ccc(Oc2cc(C)nc3ccccc23)c(Br)c1. The number of aromatic nitrogens is 1. The Morgan fingerprint density at radius 1 is 0.950 bits per heavy atom. The number of fused-ring (bicyclic) bond motifs is 1. The number of nitrogens with zero attached hydrogens (tertiary/aromatic N) is 1. The standard InChI is InChI=1S/C17H14BrNO/c1-11-7-8-16(14(18)9-11)20-17-10-12(2)19-15-6-4-3-5-13(15)17/h3-10H,1-2H3. The van der Waals surface area contributed by atoms with Crippen LogP contribution in [0.4, 0.5) is 0 Å². The van der Waals surface area contributed by atoms with Gasteiger partial charge in [-0.2, -0.15) is 0 Å². The highest BCUT2D eigenvalue weighted by Crippen LogP contribution is 2.34. The molecule has 0 radical (unpaired) electrons. The smallest absolute Gasteiger partial charge is 0.141 e. The lowest BCUT2D eigenvalue weighted by Crippen LogP contribution is -1.91. The highest BCUT2D eigenvalue weighted by molar-refractivity contribution is 9.10. The van der Waals surface area contributed by atoms with Crippen LogP contribution in [-0.4, -0.2) is 4.98 Å². The Bertz CT molecular complexity index is 783. The summed E-state index contributed by atoms with van der Waals surface area (Å²) in [7, 11) is 0. The molecule has 0 amide bonds. The maximum absolute atomic E-state index is 6.07. The molecular weight excluding hydrogens is 314 g/mol. The van der Waals surface area contributed by atoms with Gasteiger partial charge in [0.1, 0.15) is 11.5 Å². The van der Waals surface area contributed by atoms with Crippen LogP contribution < -0.4 is 4.74 Å². The lowest BCUT2D eigenvalue weighted by molar-refractivity contribution is 0.484. The quantitative estimate of drug-likeness (QED) is 0.628. The number of hydrogen-bond acceptors (Lipinski definition) is 2. The molecule has 3 rings (SSSR count). The van der Waals surface area contributed by atoms with Gasteiger partial charge in [0.2, 0.25) is 0 Å². The number of aryl methyl sites for hydroxylation is 2. The zero-order chi connectivity index (χ0) is 14.1. The van der Waals surface area contributed by atoms with Crippen molar-refractivity contribution in [3.8, 4) is 11.5 Å². The van der Waals surface area contributed by atoms with Crippen molar-refractivity contribution < 1.29 is 4.74 Å². The Kier molecular flexibility index (Phi) is 3.45. The molecule has 100 valence electrons. The summed E-state index contributed by atoms with van der Waals surface area (Å²) in [6.45, 7) is 4.03. The molecule has 0 fully saturated rings. The van der Waals surface area contributed by atoms with Gasteiger partial charge < -0.3 is 4.74 Å². The van der Waals surface area contributed by atoms with E-state index in [4.69, 9.17) is 4.74 Å². The lowest BCUT2D eigenvalue weighted by atomic mass is 10.2. The molecule has 0 aliphatic carbocycles. The van der Waals surface area contributed by atoms with Gasteiger partial charge in [-0.3, -0.25) is 4.98 Å². The summed E-state index contributed by atoms with van der Waals surface area (Å²) < 4.78 is 7.03. The second-order valence-electron chi connectivity index (χ2n) is 4.81. The largest absolute Gasteiger partial charge is 0.455 e. The van der Waals surface area contributed by atoms with Crippen molar-refractivity contribution in [1.29, 1.82) is 0 Å². The highest BCUT2D eigenvalue weighted by Gasteiger charge is 2.08. The Morgan fingerprint density at radius 2 is 1.75 bits per heavy atom. The average Bonchev–Trinajstić information content (AvgIpc) is 2.41. The van der Waals surface area contributed by atoms with Crippen molar-refractivity contribution in [3.05, 3.63) is 64.3 Å². The van der Waals surface area contributed by atoms with E-state index >= 15 is 0 Å². The van der Waals surface area contributed by atoms with E-state index in [2.05, 4.69) is 27.8 Å². The molecule has 3 aromatic rings. The maximum atomic E-state index is 6.07. The van der Waals surface area contributed by atoms with Gasteiger partial charge in [0.05, 0.1) is 9.99 Å². The summed E-state index contributed by atoms with van der Waals surface area (Å²) in [4.78, 5) is 4.52. The number of ether oxygens (including phenoxy) is 1. The second kappa shape index (κ2) is 5.25. The van der Waals surface area contributed by atoms with Gasteiger partial charge in [0.25, 0.3) is 0 Å². The first-order chi connectivity index (χ1) is 9.63. The van der Waals surface area contributed by atoms with Crippen LogP contribution in [0.25, 0.3) is 10.9 Å². The minimum atomic E-state index is 0.811. The Balaban J connectivity index is 2.10. The van der Waals surface area contributed by atoms with Crippen LogP contribution in [-0.2, 0) is 0 Å². The number of pyridine rings is 1. The summed E-state index contributed by atoms with van der Waals surface area (Å²) in [5.41, 5.74) is 3.09.